The Labute approximate surface area is 403 Å². The summed E-state index contributed by atoms with van der Waals surface area (Å²) in [5, 5.41) is 24.2. The van der Waals surface area contributed by atoms with E-state index in [1.165, 1.54) is 22.3 Å². The fraction of sp³-hybridized carbons (Fsp3) is 0.259. The predicted molar refractivity (Wildman–Crippen MR) is 279 cm³/mol. The summed E-state index contributed by atoms with van der Waals surface area (Å²) < 4.78 is 0. The van der Waals surface area contributed by atoms with Gasteiger partial charge >= 0.3 is 0 Å². The Bertz CT molecular complexity index is 2290. The molecule has 2 aliphatic rings. The molecule has 66 heavy (non-hydrogen) atoms. The molecule has 10 nitrogen and oxygen atoms in total. The molecule has 6 aromatic rings. The lowest BCUT2D eigenvalue weighted by atomic mass is 10.0. The van der Waals surface area contributed by atoms with E-state index < -0.39 is 0 Å². The maximum atomic E-state index is 13.4. The summed E-state index contributed by atoms with van der Waals surface area (Å²) in [4.78, 5) is 34.9. The van der Waals surface area contributed by atoms with Crippen LogP contribution in [-0.2, 0) is 35.3 Å². The lowest BCUT2D eigenvalue weighted by Crippen LogP contribution is -2.39. The van der Waals surface area contributed by atoms with E-state index in [1.54, 1.807) is 0 Å². The Morgan fingerprint density at radius 3 is 1.11 bits per heavy atom. The van der Waals surface area contributed by atoms with Crippen molar-refractivity contribution < 1.29 is 9.59 Å². The van der Waals surface area contributed by atoms with Crippen molar-refractivity contribution in [2.45, 2.75) is 50.6 Å². The molecule has 2 fully saturated rings. The van der Waals surface area contributed by atoms with Gasteiger partial charge in [-0.15, -0.1) is 0 Å². The Hall–Kier alpha value is -6.50. The van der Waals surface area contributed by atoms with Gasteiger partial charge < -0.3 is 30.2 Å². The second-order valence-corrected chi connectivity index (χ2v) is 16.9. The van der Waals surface area contributed by atoms with Crippen molar-refractivity contribution in [2.75, 3.05) is 49.9 Å². The first kappa shape index (κ1) is 48.9. The third kappa shape index (κ3) is 13.3. The molecule has 0 saturated carbocycles. The first-order valence-corrected chi connectivity index (χ1v) is 22.5. The van der Waals surface area contributed by atoms with Crippen LogP contribution in [0.4, 0.5) is 11.4 Å². The number of aryl methyl sites for hydroxylation is 2. The Balaban J connectivity index is 0.00000360. The number of benzene rings is 6. The molecule has 0 spiro atoms. The number of nitrogens with zero attached hydrogens (tertiary/aromatic N) is 4. The zero-order chi connectivity index (χ0) is 44.1. The van der Waals surface area contributed by atoms with Crippen LogP contribution in [0.2, 0.25) is 0 Å². The zero-order valence-corrected chi connectivity index (χ0v) is 39.4. The van der Waals surface area contributed by atoms with Gasteiger partial charge in [-0.3, -0.25) is 20.4 Å². The van der Waals surface area contributed by atoms with E-state index in [2.05, 4.69) is 117 Å². The molecule has 0 aliphatic carbocycles. The highest BCUT2D eigenvalue weighted by atomic mass is 32.1. The number of carbonyl (C=O) groups excluding carboxylic acids is 2. The summed E-state index contributed by atoms with van der Waals surface area (Å²) in [6.07, 6.45) is 5.37. The van der Waals surface area contributed by atoms with E-state index in [-0.39, 0.29) is 64.0 Å². The molecule has 6 aromatic carbocycles. The number of anilines is 2. The molecule has 0 bridgehead atoms. The second kappa shape index (κ2) is 24.1. The number of rotatable bonds is 19. The summed E-state index contributed by atoms with van der Waals surface area (Å²) in [5.74, 6) is 0.486. The van der Waals surface area contributed by atoms with E-state index >= 15 is 0 Å². The van der Waals surface area contributed by atoms with Crippen molar-refractivity contribution in [1.29, 1.82) is 10.8 Å². The third-order valence-electron chi connectivity index (χ3n) is 12.3. The average Bonchev–Trinajstić information content (AvgIpc) is 3.76. The van der Waals surface area contributed by atoms with Gasteiger partial charge in [0.25, 0.3) is 0 Å². The lowest BCUT2D eigenvalue weighted by Gasteiger charge is -2.25. The van der Waals surface area contributed by atoms with Crippen LogP contribution in [0.15, 0.2) is 170 Å². The number of amides is 2. The maximum Gasteiger partial charge on any atom is 0.244 e. The van der Waals surface area contributed by atoms with Crippen LogP contribution < -0.4 is 10.6 Å². The summed E-state index contributed by atoms with van der Waals surface area (Å²) in [5.41, 5.74) is 8.38. The summed E-state index contributed by atoms with van der Waals surface area (Å²) in [7, 11) is 0. The molecule has 8 rings (SSSR count). The number of carbonyl (C=O) groups is 2. The van der Waals surface area contributed by atoms with E-state index in [1.807, 2.05) is 82.6 Å². The topological polar surface area (TPSA) is 119 Å². The quantitative estimate of drug-likeness (QED) is 0.0645. The standard InChI is InChI=1S/C54H58N8O2.2H2S/c55-53-59(37-49(35-43-19-9-3-10-20-43)61(53)33-13-23-41-15-5-1-6-16-41)39-51(63)57-47-29-25-45(26-30-47)46-27-31-48(32-28-46)58-52(64)40-60-38-50(36-44-21-11-4-12-22-44)62(54(60)56)34-14-24-42-17-7-2-8-18-42;;/h1-12,15-22,25-32,49-50,55-56H,13-14,23-24,33-40H2,(H,57,63)(H,58,64);2*1H2/t49-,50-;;/m0../s1. The molecular weight excluding hydrogens is 857 g/mol. The Kier molecular flexibility index (Phi) is 17.9. The van der Waals surface area contributed by atoms with Crippen molar-refractivity contribution in [1.82, 2.24) is 19.6 Å². The smallest absolute Gasteiger partial charge is 0.244 e. The van der Waals surface area contributed by atoms with Gasteiger partial charge in [-0.2, -0.15) is 27.0 Å². The highest BCUT2D eigenvalue weighted by Crippen LogP contribution is 2.26. The fourth-order valence-electron chi connectivity index (χ4n) is 9.00. The van der Waals surface area contributed by atoms with Gasteiger partial charge in [-0.05, 0) is 96.2 Å². The first-order chi connectivity index (χ1) is 31.3. The van der Waals surface area contributed by atoms with E-state index in [4.69, 9.17) is 10.8 Å². The second-order valence-electron chi connectivity index (χ2n) is 16.9. The van der Waals surface area contributed by atoms with Gasteiger partial charge in [0, 0.05) is 37.6 Å². The molecule has 12 heteroatoms. The van der Waals surface area contributed by atoms with Gasteiger partial charge in [0.15, 0.2) is 11.9 Å². The molecule has 0 radical (unpaired) electrons. The zero-order valence-electron chi connectivity index (χ0n) is 37.4. The minimum absolute atomic E-state index is 0. The normalized spacial score (nSPS) is 15.6. The maximum absolute atomic E-state index is 13.4. The third-order valence-corrected chi connectivity index (χ3v) is 12.3. The van der Waals surface area contributed by atoms with Crippen molar-refractivity contribution in [3.8, 4) is 11.1 Å². The Morgan fingerprint density at radius 1 is 0.455 bits per heavy atom. The van der Waals surface area contributed by atoms with Crippen molar-refractivity contribution in [3.63, 3.8) is 0 Å². The molecule has 4 N–H and O–H groups in total. The minimum atomic E-state index is -0.159. The first-order valence-electron chi connectivity index (χ1n) is 22.5. The van der Waals surface area contributed by atoms with E-state index in [0.717, 1.165) is 62.7 Å². The molecule has 0 aromatic heterocycles. The van der Waals surface area contributed by atoms with Crippen LogP contribution in [0.1, 0.15) is 35.1 Å². The molecule has 0 unspecified atom stereocenters. The number of nitrogens with one attached hydrogen (secondary N) is 4. The minimum Gasteiger partial charge on any atom is -0.338 e. The monoisotopic (exact) mass is 918 g/mol. The van der Waals surface area contributed by atoms with Crippen LogP contribution in [0, 0.1) is 10.8 Å². The lowest BCUT2D eigenvalue weighted by molar-refractivity contribution is -0.117. The van der Waals surface area contributed by atoms with E-state index in [9.17, 15) is 9.59 Å². The van der Waals surface area contributed by atoms with Gasteiger partial charge in [0.2, 0.25) is 11.8 Å². The highest BCUT2D eigenvalue weighted by molar-refractivity contribution is 7.59. The number of hydrogen-bond acceptors (Lipinski definition) is 4. The molecule has 2 saturated heterocycles. The number of hydrogen-bond donors (Lipinski definition) is 4. The van der Waals surface area contributed by atoms with Crippen LogP contribution in [-0.4, -0.2) is 94.7 Å². The average molecular weight is 919 g/mol. The molecular formula is C54H62N8O2S2. The SMILES string of the molecule is N=C1N(CC(=O)Nc2ccc(-c3ccc(NC(=O)CN4C[C@H](Cc5ccccc5)N(CCCc5ccccc5)C4=N)cc3)cc2)C[C@H](Cc2ccccc2)N1CCCc1ccccc1.S.S. The molecule has 2 atom stereocenters. The predicted octanol–water partition coefficient (Wildman–Crippen LogP) is 9.05. The van der Waals surface area contributed by atoms with Gasteiger partial charge in [-0.25, -0.2) is 0 Å². The number of guanidine groups is 2. The van der Waals surface area contributed by atoms with Crippen molar-refractivity contribution in [2.24, 2.45) is 0 Å². The van der Waals surface area contributed by atoms with Crippen molar-refractivity contribution >= 4 is 62.1 Å². The summed E-state index contributed by atoms with van der Waals surface area (Å²) >= 11 is 0. The molecule has 2 amide bonds. The van der Waals surface area contributed by atoms with Gasteiger partial charge in [-0.1, -0.05) is 146 Å². The highest BCUT2D eigenvalue weighted by Gasteiger charge is 2.36. The fourth-order valence-corrected chi connectivity index (χ4v) is 9.00. The van der Waals surface area contributed by atoms with E-state index in [0.29, 0.717) is 36.4 Å². The molecule has 342 valence electrons. The molecule has 2 aliphatic heterocycles. The molecule has 2 heterocycles. The summed E-state index contributed by atoms with van der Waals surface area (Å²) in [6.45, 7) is 2.96. The van der Waals surface area contributed by atoms with Crippen LogP contribution in [0.3, 0.4) is 0 Å². The van der Waals surface area contributed by atoms with Crippen molar-refractivity contribution in [3.05, 3.63) is 192 Å². The van der Waals surface area contributed by atoms with Gasteiger partial charge in [0.1, 0.15) is 13.1 Å². The van der Waals surface area contributed by atoms with Crippen LogP contribution in [0.5, 0.6) is 0 Å². The Morgan fingerprint density at radius 2 is 0.773 bits per heavy atom. The van der Waals surface area contributed by atoms with Gasteiger partial charge in [0.05, 0.1) is 12.1 Å². The summed E-state index contributed by atoms with van der Waals surface area (Å²) in [6, 6.07) is 57.4. The van der Waals surface area contributed by atoms with Crippen LogP contribution >= 0.6 is 27.0 Å². The largest absolute Gasteiger partial charge is 0.338 e. The van der Waals surface area contributed by atoms with Crippen LogP contribution in [0.25, 0.3) is 11.1 Å².